The number of rotatable bonds is 3. The van der Waals surface area contributed by atoms with Crippen LogP contribution in [-0.4, -0.2) is 48.8 Å². The van der Waals surface area contributed by atoms with Gasteiger partial charge in [-0.05, 0) is 73.1 Å². The van der Waals surface area contributed by atoms with E-state index in [1.165, 1.54) is 0 Å². The number of hydrogen-bond acceptors (Lipinski definition) is 4. The highest BCUT2D eigenvalue weighted by atomic mass is 35.5. The highest BCUT2D eigenvalue weighted by molar-refractivity contribution is 6.35. The van der Waals surface area contributed by atoms with Crippen molar-refractivity contribution in [2.24, 2.45) is 0 Å². The Morgan fingerprint density at radius 2 is 1.55 bits per heavy atom. The second-order valence-corrected chi connectivity index (χ2v) is 10.5. The fourth-order valence-corrected chi connectivity index (χ4v) is 5.51. The number of fused-ring (bicyclic) bond motifs is 1. The lowest BCUT2D eigenvalue weighted by atomic mass is 9.99. The van der Waals surface area contributed by atoms with Gasteiger partial charge in [0.15, 0.2) is 0 Å². The number of halogens is 3. The van der Waals surface area contributed by atoms with E-state index in [4.69, 9.17) is 34.8 Å². The quantitative estimate of drug-likeness (QED) is 0.416. The summed E-state index contributed by atoms with van der Waals surface area (Å²) in [4.78, 5) is 43.8. The Morgan fingerprint density at radius 1 is 0.816 bits per heavy atom. The molecule has 5 rings (SSSR count). The average Bonchev–Trinajstić information content (AvgIpc) is 3.25. The molecule has 3 aromatic carbocycles. The van der Waals surface area contributed by atoms with E-state index in [0.29, 0.717) is 56.2 Å². The van der Waals surface area contributed by atoms with Crippen molar-refractivity contribution in [2.45, 2.75) is 18.9 Å². The van der Waals surface area contributed by atoms with Gasteiger partial charge in [0.1, 0.15) is 0 Å². The molecule has 7 nitrogen and oxygen atoms in total. The molecule has 0 bridgehead atoms. The smallest absolute Gasteiger partial charge is 0.258 e. The number of hydrogen-bond donors (Lipinski definition) is 2. The minimum atomic E-state index is -0.720. The first-order valence-corrected chi connectivity index (χ1v) is 13.4. The van der Waals surface area contributed by atoms with Crippen LogP contribution < -0.4 is 15.5 Å². The van der Waals surface area contributed by atoms with Crippen LogP contribution in [0.15, 0.2) is 60.7 Å². The third-order valence-corrected chi connectivity index (χ3v) is 7.54. The van der Waals surface area contributed by atoms with Crippen molar-refractivity contribution >= 4 is 63.9 Å². The zero-order valence-electron chi connectivity index (χ0n) is 20.3. The van der Waals surface area contributed by atoms with Crippen molar-refractivity contribution < 1.29 is 14.4 Å². The Hall–Kier alpha value is -3.10. The van der Waals surface area contributed by atoms with Crippen LogP contribution in [-0.2, 0) is 4.79 Å². The van der Waals surface area contributed by atoms with E-state index < -0.39 is 6.04 Å². The van der Waals surface area contributed by atoms with Gasteiger partial charge in [0.05, 0.1) is 23.8 Å². The zero-order valence-corrected chi connectivity index (χ0v) is 22.6. The van der Waals surface area contributed by atoms with E-state index in [2.05, 4.69) is 10.6 Å². The summed E-state index contributed by atoms with van der Waals surface area (Å²) >= 11 is 18.8. The Balaban J connectivity index is 1.61. The van der Waals surface area contributed by atoms with Crippen LogP contribution >= 0.6 is 34.8 Å². The van der Waals surface area contributed by atoms with Crippen LogP contribution in [0, 0.1) is 0 Å². The lowest BCUT2D eigenvalue weighted by molar-refractivity contribution is -0.116. The molecule has 2 heterocycles. The van der Waals surface area contributed by atoms with Crippen LogP contribution in [0.2, 0.25) is 15.1 Å². The fourth-order valence-electron chi connectivity index (χ4n) is 4.85. The molecular formula is C28H25Cl3N4O3. The number of carbonyl (C=O) groups excluding carboxylic acids is 3. The highest BCUT2D eigenvalue weighted by Crippen LogP contribution is 2.42. The molecule has 3 amide bonds. The molecule has 2 aliphatic heterocycles. The summed E-state index contributed by atoms with van der Waals surface area (Å²) in [5, 5.41) is 7.48. The number of anilines is 2. The maximum Gasteiger partial charge on any atom is 0.258 e. The first kappa shape index (κ1) is 26.5. The van der Waals surface area contributed by atoms with Crippen molar-refractivity contribution in [3.8, 4) is 0 Å². The largest absolute Gasteiger partial charge is 0.337 e. The van der Waals surface area contributed by atoms with Gasteiger partial charge in [0.2, 0.25) is 5.91 Å². The van der Waals surface area contributed by atoms with Gasteiger partial charge in [-0.3, -0.25) is 19.3 Å². The van der Waals surface area contributed by atoms with Gasteiger partial charge < -0.3 is 15.5 Å². The van der Waals surface area contributed by atoms with Crippen LogP contribution in [0.5, 0.6) is 0 Å². The minimum absolute atomic E-state index is 0.0452. The molecule has 1 atom stereocenters. The third-order valence-electron chi connectivity index (χ3n) is 6.73. The maximum atomic E-state index is 14.0. The molecule has 3 aromatic rings. The van der Waals surface area contributed by atoms with Crippen molar-refractivity contribution in [3.63, 3.8) is 0 Å². The molecule has 1 unspecified atom stereocenters. The Morgan fingerprint density at radius 3 is 2.32 bits per heavy atom. The molecule has 0 spiro atoms. The summed E-state index contributed by atoms with van der Waals surface area (Å²) in [6.07, 6.45) is 0.816. The normalized spacial score (nSPS) is 17.8. The first-order chi connectivity index (χ1) is 18.3. The Labute approximate surface area is 235 Å². The number of amides is 3. The van der Waals surface area contributed by atoms with Gasteiger partial charge in [0, 0.05) is 45.8 Å². The Kier molecular flexibility index (Phi) is 7.91. The number of nitrogens with zero attached hydrogens (tertiary/aromatic N) is 2. The molecular weight excluding hydrogens is 547 g/mol. The summed E-state index contributed by atoms with van der Waals surface area (Å²) in [6.45, 7) is 2.83. The van der Waals surface area contributed by atoms with E-state index in [-0.39, 0.29) is 24.1 Å². The minimum Gasteiger partial charge on any atom is -0.337 e. The van der Waals surface area contributed by atoms with Gasteiger partial charge in [-0.25, -0.2) is 0 Å². The maximum absolute atomic E-state index is 14.0. The van der Waals surface area contributed by atoms with Gasteiger partial charge in [0.25, 0.3) is 11.8 Å². The van der Waals surface area contributed by atoms with Crippen molar-refractivity contribution in [2.75, 3.05) is 36.4 Å². The van der Waals surface area contributed by atoms with Crippen LogP contribution in [0.1, 0.15) is 45.2 Å². The predicted octanol–water partition coefficient (Wildman–Crippen LogP) is 5.81. The fraction of sp³-hybridized carbons (Fsp3) is 0.250. The first-order valence-electron chi connectivity index (χ1n) is 12.3. The van der Waals surface area contributed by atoms with E-state index in [1.54, 1.807) is 70.5 Å². The third kappa shape index (κ3) is 5.52. The molecule has 1 fully saturated rings. The highest BCUT2D eigenvalue weighted by Gasteiger charge is 2.36. The van der Waals surface area contributed by atoms with E-state index in [1.807, 2.05) is 0 Å². The molecule has 0 radical (unpaired) electrons. The lowest BCUT2D eigenvalue weighted by Crippen LogP contribution is -2.36. The molecule has 196 valence electrons. The predicted molar refractivity (Wildman–Crippen MR) is 151 cm³/mol. The molecule has 0 aliphatic carbocycles. The second kappa shape index (κ2) is 11.3. The molecule has 10 heteroatoms. The van der Waals surface area contributed by atoms with Crippen LogP contribution in [0.3, 0.4) is 0 Å². The lowest BCUT2D eigenvalue weighted by Gasteiger charge is -2.31. The summed E-state index contributed by atoms with van der Waals surface area (Å²) in [5.74, 6) is -0.770. The van der Waals surface area contributed by atoms with Gasteiger partial charge in [-0.2, -0.15) is 0 Å². The molecule has 2 aliphatic rings. The average molecular weight is 572 g/mol. The van der Waals surface area contributed by atoms with Crippen molar-refractivity contribution in [1.29, 1.82) is 0 Å². The van der Waals surface area contributed by atoms with E-state index >= 15 is 0 Å². The van der Waals surface area contributed by atoms with E-state index in [9.17, 15) is 14.4 Å². The van der Waals surface area contributed by atoms with Gasteiger partial charge >= 0.3 is 0 Å². The van der Waals surface area contributed by atoms with E-state index in [0.717, 1.165) is 19.5 Å². The van der Waals surface area contributed by atoms with Crippen molar-refractivity contribution in [3.05, 3.63) is 92.4 Å². The summed E-state index contributed by atoms with van der Waals surface area (Å²) in [7, 11) is 0. The molecule has 0 saturated carbocycles. The monoisotopic (exact) mass is 570 g/mol. The zero-order chi connectivity index (χ0) is 26.8. The summed E-state index contributed by atoms with van der Waals surface area (Å²) in [5.41, 5.74) is 2.25. The number of nitrogens with one attached hydrogen (secondary N) is 2. The number of carbonyl (C=O) groups is 3. The molecule has 0 aromatic heterocycles. The second-order valence-electron chi connectivity index (χ2n) is 9.24. The SMILES string of the molecule is O=C1CC(c2ccc(Cl)cc2Cl)N(C(=O)c2ccc(Cl)cc2)c2ccc(C(=O)N3CCCNCC3)cc2N1. The number of benzene rings is 3. The van der Waals surface area contributed by atoms with Crippen LogP contribution in [0.4, 0.5) is 11.4 Å². The summed E-state index contributed by atoms with van der Waals surface area (Å²) < 4.78 is 0. The Bertz CT molecular complexity index is 1390. The molecule has 2 N–H and O–H groups in total. The van der Waals surface area contributed by atoms with Crippen molar-refractivity contribution in [1.82, 2.24) is 10.2 Å². The van der Waals surface area contributed by atoms with Gasteiger partial charge in [-0.1, -0.05) is 40.9 Å². The summed E-state index contributed by atoms with van der Waals surface area (Å²) in [6, 6.07) is 15.9. The topological polar surface area (TPSA) is 81.8 Å². The molecule has 38 heavy (non-hydrogen) atoms. The standard InChI is InChI=1S/C28H25Cl3N4O3/c29-19-5-2-17(3-6-19)28(38)35-24-9-4-18(27(37)34-12-1-10-32-11-13-34)14-23(24)33-26(36)16-25(35)21-8-7-20(30)15-22(21)31/h2-9,14-15,25,32H,1,10-13,16H2,(H,33,36). The van der Waals surface area contributed by atoms with Gasteiger partial charge in [-0.15, -0.1) is 0 Å². The van der Waals surface area contributed by atoms with Crippen LogP contribution in [0.25, 0.3) is 0 Å². The molecule has 1 saturated heterocycles.